The minimum absolute atomic E-state index is 0.622. The molecule has 9 rings (SSSR count). The van der Waals surface area contributed by atoms with Crippen molar-refractivity contribution < 1.29 is 4.42 Å². The van der Waals surface area contributed by atoms with Crippen LogP contribution in [0.15, 0.2) is 132 Å². The first-order chi connectivity index (χ1) is 20.3. The number of fused-ring (bicyclic) bond motifs is 7. The predicted molar refractivity (Wildman–Crippen MR) is 165 cm³/mol. The highest BCUT2D eigenvalue weighted by Gasteiger charge is 2.27. The Bertz CT molecular complexity index is 2240. The molecule has 0 amide bonds. The molecule has 2 aromatic heterocycles. The SMILES string of the molecule is c1ccc(-c2nc(-c3ccccc3)nc(-c3cccc4oc5c6c(ccc5c34)-c3cccc4cccc-6c34)n2)cc1. The number of hydrogen-bond donors (Lipinski definition) is 0. The fourth-order valence-corrected chi connectivity index (χ4v) is 6.27. The van der Waals surface area contributed by atoms with E-state index in [0.717, 1.165) is 44.2 Å². The van der Waals surface area contributed by atoms with E-state index in [9.17, 15) is 0 Å². The second-order valence-corrected chi connectivity index (χ2v) is 10.4. The van der Waals surface area contributed by atoms with Crippen molar-refractivity contribution in [1.82, 2.24) is 15.0 Å². The Kier molecular flexibility index (Phi) is 4.58. The molecule has 0 aliphatic heterocycles. The van der Waals surface area contributed by atoms with Gasteiger partial charge in [0, 0.05) is 33.0 Å². The van der Waals surface area contributed by atoms with E-state index in [1.807, 2.05) is 72.8 Å². The van der Waals surface area contributed by atoms with Crippen molar-refractivity contribution in [3.8, 4) is 56.4 Å². The number of aromatic nitrogens is 3. The zero-order chi connectivity index (χ0) is 26.9. The van der Waals surface area contributed by atoms with Gasteiger partial charge < -0.3 is 4.42 Å². The molecule has 190 valence electrons. The zero-order valence-corrected chi connectivity index (χ0v) is 21.9. The molecule has 8 aromatic rings. The Morgan fingerprint density at radius 2 is 1.02 bits per heavy atom. The molecule has 2 heterocycles. The minimum atomic E-state index is 0.622. The molecule has 0 saturated carbocycles. The maximum atomic E-state index is 6.68. The van der Waals surface area contributed by atoms with Gasteiger partial charge in [-0.1, -0.05) is 115 Å². The average Bonchev–Trinajstić information content (AvgIpc) is 3.59. The third-order valence-electron chi connectivity index (χ3n) is 8.07. The normalized spacial score (nSPS) is 11.9. The topological polar surface area (TPSA) is 51.8 Å². The minimum Gasteiger partial charge on any atom is -0.455 e. The average molecular weight is 524 g/mol. The molecule has 0 fully saturated rings. The summed E-state index contributed by atoms with van der Waals surface area (Å²) >= 11 is 0. The first kappa shape index (κ1) is 22.2. The maximum Gasteiger partial charge on any atom is 0.164 e. The number of rotatable bonds is 3. The smallest absolute Gasteiger partial charge is 0.164 e. The van der Waals surface area contributed by atoms with Crippen molar-refractivity contribution in [2.24, 2.45) is 0 Å². The Labute approximate surface area is 235 Å². The number of furan rings is 1. The summed E-state index contributed by atoms with van der Waals surface area (Å²) in [5, 5.41) is 4.60. The van der Waals surface area contributed by atoms with Gasteiger partial charge in [0.25, 0.3) is 0 Å². The lowest BCUT2D eigenvalue weighted by atomic mass is 9.99. The van der Waals surface area contributed by atoms with Crippen molar-refractivity contribution in [2.45, 2.75) is 0 Å². The van der Waals surface area contributed by atoms with Gasteiger partial charge in [-0.05, 0) is 39.6 Å². The van der Waals surface area contributed by atoms with Gasteiger partial charge in [-0.3, -0.25) is 0 Å². The third-order valence-corrected chi connectivity index (χ3v) is 8.07. The summed E-state index contributed by atoms with van der Waals surface area (Å²) in [5.74, 6) is 1.90. The number of nitrogens with zero attached hydrogens (tertiary/aromatic N) is 3. The largest absolute Gasteiger partial charge is 0.455 e. The molecular weight excluding hydrogens is 502 g/mol. The van der Waals surface area contributed by atoms with Gasteiger partial charge in [-0.25, -0.2) is 15.0 Å². The lowest BCUT2D eigenvalue weighted by Crippen LogP contribution is -2.00. The third kappa shape index (κ3) is 3.25. The molecule has 1 aliphatic carbocycles. The van der Waals surface area contributed by atoms with E-state index in [1.54, 1.807) is 0 Å². The van der Waals surface area contributed by atoms with Crippen LogP contribution in [-0.2, 0) is 0 Å². The van der Waals surface area contributed by atoms with E-state index in [2.05, 4.69) is 54.6 Å². The van der Waals surface area contributed by atoms with E-state index >= 15 is 0 Å². The molecule has 4 heteroatoms. The van der Waals surface area contributed by atoms with Crippen molar-refractivity contribution >= 4 is 32.7 Å². The Hall–Kier alpha value is -5.61. The second kappa shape index (κ2) is 8.44. The standard InChI is InChI=1S/C37H21N3O/c1-3-10-23(11-4-1)35-38-36(24-12-5-2-6-13-24)40-37(39-35)29-18-9-19-30-32(29)28-21-20-26-25-16-7-14-22-15-8-17-27(31(22)25)33(26)34(28)41-30/h1-21H. The van der Waals surface area contributed by atoms with Crippen molar-refractivity contribution in [1.29, 1.82) is 0 Å². The van der Waals surface area contributed by atoms with E-state index in [0.29, 0.717) is 17.5 Å². The van der Waals surface area contributed by atoms with Crippen LogP contribution in [0.25, 0.3) is 89.1 Å². The van der Waals surface area contributed by atoms with E-state index in [4.69, 9.17) is 19.4 Å². The molecule has 41 heavy (non-hydrogen) atoms. The van der Waals surface area contributed by atoms with Crippen molar-refractivity contribution in [3.05, 3.63) is 127 Å². The van der Waals surface area contributed by atoms with Crippen LogP contribution in [0, 0.1) is 0 Å². The summed E-state index contributed by atoms with van der Waals surface area (Å²) in [4.78, 5) is 14.9. The van der Waals surface area contributed by atoms with Crippen LogP contribution >= 0.6 is 0 Å². The molecule has 0 unspecified atom stereocenters. The first-order valence-electron chi connectivity index (χ1n) is 13.7. The number of hydrogen-bond acceptors (Lipinski definition) is 4. The molecule has 0 radical (unpaired) electrons. The van der Waals surface area contributed by atoms with Gasteiger partial charge in [0.1, 0.15) is 11.2 Å². The summed E-state index contributed by atoms with van der Waals surface area (Å²) in [7, 11) is 0. The van der Waals surface area contributed by atoms with Gasteiger partial charge >= 0.3 is 0 Å². The van der Waals surface area contributed by atoms with Gasteiger partial charge in [-0.2, -0.15) is 0 Å². The highest BCUT2D eigenvalue weighted by molar-refractivity contribution is 6.24. The quantitative estimate of drug-likeness (QED) is 0.231. The summed E-state index contributed by atoms with van der Waals surface area (Å²) in [6, 6.07) is 43.7. The molecular formula is C37H21N3O. The fourth-order valence-electron chi connectivity index (χ4n) is 6.27. The molecule has 0 saturated heterocycles. The fraction of sp³-hybridized carbons (Fsp3) is 0. The highest BCUT2D eigenvalue weighted by Crippen LogP contribution is 2.52. The van der Waals surface area contributed by atoms with Crippen LogP contribution < -0.4 is 0 Å². The van der Waals surface area contributed by atoms with E-state index in [1.165, 1.54) is 27.5 Å². The van der Waals surface area contributed by atoms with Gasteiger partial charge in [0.2, 0.25) is 0 Å². The molecule has 4 nitrogen and oxygen atoms in total. The monoisotopic (exact) mass is 523 g/mol. The lowest BCUT2D eigenvalue weighted by Gasteiger charge is -2.09. The summed E-state index contributed by atoms with van der Waals surface area (Å²) < 4.78 is 6.68. The summed E-state index contributed by atoms with van der Waals surface area (Å²) in [6.07, 6.45) is 0. The highest BCUT2D eigenvalue weighted by atomic mass is 16.3. The molecule has 0 N–H and O–H groups in total. The zero-order valence-electron chi connectivity index (χ0n) is 21.9. The van der Waals surface area contributed by atoms with Crippen molar-refractivity contribution in [3.63, 3.8) is 0 Å². The summed E-state index contributed by atoms with van der Waals surface area (Å²) in [6.45, 7) is 0. The van der Waals surface area contributed by atoms with Gasteiger partial charge in [-0.15, -0.1) is 0 Å². The van der Waals surface area contributed by atoms with Crippen LogP contribution in [0.5, 0.6) is 0 Å². The second-order valence-electron chi connectivity index (χ2n) is 10.4. The van der Waals surface area contributed by atoms with Crippen LogP contribution in [0.3, 0.4) is 0 Å². The number of benzene rings is 6. The Morgan fingerprint density at radius 1 is 0.415 bits per heavy atom. The van der Waals surface area contributed by atoms with Crippen LogP contribution in [0.1, 0.15) is 0 Å². The molecule has 0 bridgehead atoms. The van der Waals surface area contributed by atoms with Crippen LogP contribution in [0.2, 0.25) is 0 Å². The summed E-state index contributed by atoms with van der Waals surface area (Å²) in [5.41, 5.74) is 9.37. The van der Waals surface area contributed by atoms with Gasteiger partial charge in [0.15, 0.2) is 17.5 Å². The van der Waals surface area contributed by atoms with E-state index < -0.39 is 0 Å². The maximum absolute atomic E-state index is 6.68. The van der Waals surface area contributed by atoms with Crippen LogP contribution in [0.4, 0.5) is 0 Å². The molecule has 0 spiro atoms. The molecule has 6 aromatic carbocycles. The Morgan fingerprint density at radius 3 is 1.73 bits per heavy atom. The predicted octanol–water partition coefficient (Wildman–Crippen LogP) is 9.57. The van der Waals surface area contributed by atoms with Crippen LogP contribution in [-0.4, -0.2) is 15.0 Å². The first-order valence-corrected chi connectivity index (χ1v) is 13.7. The van der Waals surface area contributed by atoms with Crippen molar-refractivity contribution in [2.75, 3.05) is 0 Å². The molecule has 1 aliphatic rings. The Balaban J connectivity index is 1.33. The van der Waals surface area contributed by atoms with E-state index in [-0.39, 0.29) is 0 Å². The molecule has 0 atom stereocenters. The van der Waals surface area contributed by atoms with Gasteiger partial charge in [0.05, 0.1) is 0 Å². The lowest BCUT2D eigenvalue weighted by molar-refractivity contribution is 0.670.